The van der Waals surface area contributed by atoms with Crippen LogP contribution in [0.15, 0.2) is 28.7 Å². The fourth-order valence-corrected chi connectivity index (χ4v) is 2.29. The summed E-state index contributed by atoms with van der Waals surface area (Å²) < 4.78 is 12.3. The van der Waals surface area contributed by atoms with Gasteiger partial charge in [-0.1, -0.05) is 28.1 Å². The average molecular weight is 285 g/mol. The minimum Gasteiger partial charge on any atom is -0.353 e. The Labute approximate surface area is 105 Å². The van der Waals surface area contributed by atoms with Gasteiger partial charge in [-0.15, -0.1) is 0 Å². The van der Waals surface area contributed by atoms with E-state index in [1.807, 2.05) is 6.07 Å². The average Bonchev–Trinajstić information content (AvgIpc) is 2.30. The van der Waals surface area contributed by atoms with Crippen molar-refractivity contribution in [3.05, 3.63) is 34.3 Å². The van der Waals surface area contributed by atoms with Gasteiger partial charge in [0.05, 0.1) is 6.61 Å². The lowest BCUT2D eigenvalue weighted by molar-refractivity contribution is -0.161. The van der Waals surface area contributed by atoms with Gasteiger partial charge in [-0.05, 0) is 43.4 Å². The van der Waals surface area contributed by atoms with Gasteiger partial charge in [0.1, 0.15) is 0 Å². The van der Waals surface area contributed by atoms with E-state index in [0.717, 1.165) is 30.5 Å². The lowest BCUT2D eigenvalue weighted by atomic mass is 10.2. The van der Waals surface area contributed by atoms with Gasteiger partial charge in [0, 0.05) is 11.1 Å². The first-order valence-corrected chi connectivity index (χ1v) is 6.61. The molecular formula is C13H17BrO2. The summed E-state index contributed by atoms with van der Waals surface area (Å²) >= 11 is 3.47. The molecular weight excluding hydrogens is 268 g/mol. The summed E-state index contributed by atoms with van der Waals surface area (Å²) in [5.41, 5.74) is 1.30. The Hall–Kier alpha value is -0.380. The topological polar surface area (TPSA) is 18.5 Å². The van der Waals surface area contributed by atoms with E-state index in [9.17, 15) is 0 Å². The normalized spacial score (nSPS) is 20.9. The summed E-state index contributed by atoms with van der Waals surface area (Å²) in [6, 6.07) is 8.34. The minimum atomic E-state index is 0.0286. The van der Waals surface area contributed by atoms with E-state index in [0.29, 0.717) is 0 Å². The number of halogens is 1. The van der Waals surface area contributed by atoms with Crippen molar-refractivity contribution in [1.82, 2.24) is 0 Å². The summed E-state index contributed by atoms with van der Waals surface area (Å²) in [5.74, 6) is 0. The van der Waals surface area contributed by atoms with Crippen molar-refractivity contribution in [1.29, 1.82) is 0 Å². The molecule has 1 aliphatic heterocycles. The Morgan fingerprint density at radius 3 is 3.06 bits per heavy atom. The highest BCUT2D eigenvalue weighted by atomic mass is 79.9. The fraction of sp³-hybridized carbons (Fsp3) is 0.538. The summed E-state index contributed by atoms with van der Waals surface area (Å²) in [6.45, 7) is 1.59. The quantitative estimate of drug-likeness (QED) is 0.842. The van der Waals surface area contributed by atoms with Crippen LogP contribution in [0.4, 0.5) is 0 Å². The van der Waals surface area contributed by atoms with Crippen LogP contribution in [0.25, 0.3) is 0 Å². The second-order valence-corrected chi connectivity index (χ2v) is 4.96. The van der Waals surface area contributed by atoms with Crippen molar-refractivity contribution >= 4 is 15.9 Å². The Morgan fingerprint density at radius 1 is 1.38 bits per heavy atom. The Kier molecular flexibility index (Phi) is 4.82. The van der Waals surface area contributed by atoms with Crippen LogP contribution in [-0.2, 0) is 15.9 Å². The predicted molar refractivity (Wildman–Crippen MR) is 67.4 cm³/mol. The second kappa shape index (κ2) is 6.38. The molecule has 0 radical (unpaired) electrons. The van der Waals surface area contributed by atoms with E-state index < -0.39 is 0 Å². The molecule has 1 aliphatic rings. The third-order valence-corrected chi connectivity index (χ3v) is 3.21. The molecule has 16 heavy (non-hydrogen) atoms. The molecule has 1 fully saturated rings. The Morgan fingerprint density at radius 2 is 2.31 bits per heavy atom. The standard InChI is InChI=1S/C13H17BrO2/c14-12-5-3-4-11(10-12)7-9-16-13-6-1-2-8-15-13/h3-5,10,13H,1-2,6-9H2/t13-/m1/s1. The zero-order chi connectivity index (χ0) is 11.2. The van der Waals surface area contributed by atoms with Crippen molar-refractivity contribution in [2.45, 2.75) is 32.0 Å². The van der Waals surface area contributed by atoms with Gasteiger partial charge in [-0.3, -0.25) is 0 Å². The monoisotopic (exact) mass is 284 g/mol. The predicted octanol–water partition coefficient (Wildman–Crippen LogP) is 3.53. The van der Waals surface area contributed by atoms with Crippen molar-refractivity contribution in [3.63, 3.8) is 0 Å². The second-order valence-electron chi connectivity index (χ2n) is 4.05. The molecule has 0 N–H and O–H groups in total. The molecule has 0 spiro atoms. The van der Waals surface area contributed by atoms with Crippen LogP contribution in [0, 0.1) is 0 Å². The molecule has 0 amide bonds. The maximum atomic E-state index is 5.69. The van der Waals surface area contributed by atoms with E-state index in [1.54, 1.807) is 0 Å². The van der Waals surface area contributed by atoms with E-state index in [1.165, 1.54) is 18.4 Å². The van der Waals surface area contributed by atoms with Crippen molar-refractivity contribution in [3.8, 4) is 0 Å². The highest BCUT2D eigenvalue weighted by Crippen LogP contribution is 2.15. The van der Waals surface area contributed by atoms with Crippen molar-refractivity contribution in [2.75, 3.05) is 13.2 Å². The van der Waals surface area contributed by atoms with Crippen LogP contribution in [0.2, 0.25) is 0 Å². The molecule has 1 aromatic rings. The first-order valence-electron chi connectivity index (χ1n) is 5.82. The van der Waals surface area contributed by atoms with Gasteiger partial charge in [0.25, 0.3) is 0 Å². The van der Waals surface area contributed by atoms with Crippen molar-refractivity contribution in [2.24, 2.45) is 0 Å². The number of benzene rings is 1. The fourth-order valence-electron chi connectivity index (χ4n) is 1.84. The molecule has 0 saturated carbocycles. The molecule has 2 nitrogen and oxygen atoms in total. The lowest BCUT2D eigenvalue weighted by Gasteiger charge is -2.22. The Bertz CT molecular complexity index is 321. The number of hydrogen-bond donors (Lipinski definition) is 0. The molecule has 1 atom stereocenters. The van der Waals surface area contributed by atoms with Crippen molar-refractivity contribution < 1.29 is 9.47 Å². The van der Waals surface area contributed by atoms with Crippen LogP contribution in [0.1, 0.15) is 24.8 Å². The molecule has 2 rings (SSSR count). The summed E-state index contributed by atoms with van der Waals surface area (Å²) in [5, 5.41) is 0. The zero-order valence-electron chi connectivity index (χ0n) is 9.32. The van der Waals surface area contributed by atoms with Gasteiger partial charge in [-0.25, -0.2) is 0 Å². The van der Waals surface area contributed by atoms with Crippen LogP contribution in [-0.4, -0.2) is 19.5 Å². The van der Waals surface area contributed by atoms with Crippen LogP contribution in [0.3, 0.4) is 0 Å². The third-order valence-electron chi connectivity index (χ3n) is 2.72. The molecule has 0 unspecified atom stereocenters. The van der Waals surface area contributed by atoms with Crippen LogP contribution < -0.4 is 0 Å². The molecule has 1 aromatic carbocycles. The number of rotatable bonds is 4. The van der Waals surface area contributed by atoms with Gasteiger partial charge >= 0.3 is 0 Å². The van der Waals surface area contributed by atoms with Gasteiger partial charge in [0.15, 0.2) is 6.29 Å². The molecule has 0 aromatic heterocycles. The third kappa shape index (κ3) is 3.89. The smallest absolute Gasteiger partial charge is 0.157 e. The van der Waals surface area contributed by atoms with Gasteiger partial charge in [-0.2, -0.15) is 0 Å². The van der Waals surface area contributed by atoms with Gasteiger partial charge in [0.2, 0.25) is 0 Å². The van der Waals surface area contributed by atoms with E-state index in [4.69, 9.17) is 9.47 Å². The highest BCUT2D eigenvalue weighted by Gasteiger charge is 2.13. The van der Waals surface area contributed by atoms with E-state index in [-0.39, 0.29) is 6.29 Å². The molecule has 88 valence electrons. The maximum Gasteiger partial charge on any atom is 0.157 e. The molecule has 3 heteroatoms. The Balaban J connectivity index is 1.71. The SMILES string of the molecule is Brc1cccc(CCO[C@@H]2CCCCO2)c1. The molecule has 1 saturated heterocycles. The van der Waals surface area contributed by atoms with Crippen LogP contribution in [0.5, 0.6) is 0 Å². The van der Waals surface area contributed by atoms with Gasteiger partial charge < -0.3 is 9.47 Å². The molecule has 0 aliphatic carbocycles. The first-order chi connectivity index (χ1) is 7.84. The van der Waals surface area contributed by atoms with E-state index in [2.05, 4.69) is 34.1 Å². The zero-order valence-corrected chi connectivity index (χ0v) is 10.9. The minimum absolute atomic E-state index is 0.0286. The summed E-state index contributed by atoms with van der Waals surface area (Å²) in [7, 11) is 0. The highest BCUT2D eigenvalue weighted by molar-refractivity contribution is 9.10. The number of hydrogen-bond acceptors (Lipinski definition) is 2. The maximum absolute atomic E-state index is 5.69. The number of ether oxygens (including phenoxy) is 2. The molecule has 1 heterocycles. The molecule has 0 bridgehead atoms. The first kappa shape index (κ1) is 12.1. The largest absolute Gasteiger partial charge is 0.353 e. The summed E-state index contributed by atoms with van der Waals surface area (Å²) in [6.07, 6.45) is 4.41. The summed E-state index contributed by atoms with van der Waals surface area (Å²) in [4.78, 5) is 0. The lowest BCUT2D eigenvalue weighted by Crippen LogP contribution is -2.23. The van der Waals surface area contributed by atoms with Crippen LogP contribution >= 0.6 is 15.9 Å². The van der Waals surface area contributed by atoms with E-state index >= 15 is 0 Å².